The van der Waals surface area contributed by atoms with Crippen LogP contribution in [-0.2, 0) is 0 Å². The van der Waals surface area contributed by atoms with Gasteiger partial charge in [-0.15, -0.1) is 0 Å². The van der Waals surface area contributed by atoms with Crippen molar-refractivity contribution in [3.8, 4) is 17.1 Å². The molecule has 0 radical (unpaired) electrons. The molecule has 1 aromatic heterocycles. The lowest BCUT2D eigenvalue weighted by Gasteiger charge is -2.08. The van der Waals surface area contributed by atoms with Crippen LogP contribution in [0.5, 0.6) is 5.88 Å². The van der Waals surface area contributed by atoms with E-state index in [2.05, 4.69) is 25.9 Å². The van der Waals surface area contributed by atoms with Gasteiger partial charge in [0.05, 0.1) is 29.7 Å². The molecule has 1 aromatic carbocycles. The monoisotopic (exact) mass is 312 g/mol. The first kappa shape index (κ1) is 12.3. The number of rotatable bonds is 2. The van der Waals surface area contributed by atoms with Crippen LogP contribution in [0.25, 0.3) is 11.3 Å². The molecule has 0 fully saturated rings. The van der Waals surface area contributed by atoms with Crippen molar-refractivity contribution in [1.82, 2.24) is 9.97 Å². The smallest absolute Gasteiger partial charge is 0.235 e. The highest BCUT2D eigenvalue weighted by molar-refractivity contribution is 9.10. The molecule has 0 aliphatic heterocycles. The standard InChI is InChI=1S/C12H10BrClN2O/c1-7-12(17-2)16-10(6-15-7)8-4-3-5-9(13)11(8)14/h3-6H,1-2H3. The summed E-state index contributed by atoms with van der Waals surface area (Å²) in [7, 11) is 1.57. The first-order chi connectivity index (χ1) is 8.13. The zero-order valence-electron chi connectivity index (χ0n) is 9.37. The molecule has 0 aliphatic carbocycles. The molecule has 5 heteroatoms. The number of nitrogens with zero attached hydrogens (tertiary/aromatic N) is 2. The maximum atomic E-state index is 6.21. The van der Waals surface area contributed by atoms with Crippen LogP contribution in [0.15, 0.2) is 28.9 Å². The lowest BCUT2D eigenvalue weighted by molar-refractivity contribution is 0.392. The zero-order valence-corrected chi connectivity index (χ0v) is 11.7. The predicted octanol–water partition coefficient (Wildman–Crippen LogP) is 3.88. The fourth-order valence-corrected chi connectivity index (χ4v) is 2.05. The first-order valence-electron chi connectivity index (χ1n) is 4.95. The van der Waals surface area contributed by atoms with Crippen molar-refractivity contribution in [2.75, 3.05) is 7.11 Å². The van der Waals surface area contributed by atoms with Gasteiger partial charge in [0.1, 0.15) is 0 Å². The quantitative estimate of drug-likeness (QED) is 0.844. The molecule has 0 spiro atoms. The number of hydrogen-bond donors (Lipinski definition) is 0. The van der Waals surface area contributed by atoms with Gasteiger partial charge in [-0.05, 0) is 28.9 Å². The van der Waals surface area contributed by atoms with Gasteiger partial charge >= 0.3 is 0 Å². The van der Waals surface area contributed by atoms with Crippen LogP contribution in [0.1, 0.15) is 5.69 Å². The van der Waals surface area contributed by atoms with E-state index in [0.29, 0.717) is 16.6 Å². The molecule has 88 valence electrons. The van der Waals surface area contributed by atoms with Crippen molar-refractivity contribution < 1.29 is 4.74 Å². The van der Waals surface area contributed by atoms with Crippen LogP contribution < -0.4 is 4.74 Å². The van der Waals surface area contributed by atoms with Crippen molar-refractivity contribution in [2.24, 2.45) is 0 Å². The van der Waals surface area contributed by atoms with Crippen LogP contribution in [0.4, 0.5) is 0 Å². The highest BCUT2D eigenvalue weighted by atomic mass is 79.9. The molecule has 3 nitrogen and oxygen atoms in total. The van der Waals surface area contributed by atoms with Crippen LogP contribution >= 0.6 is 27.5 Å². The Morgan fingerprint density at radius 3 is 2.82 bits per heavy atom. The number of benzene rings is 1. The molecule has 0 bridgehead atoms. The van der Waals surface area contributed by atoms with E-state index >= 15 is 0 Å². The fourth-order valence-electron chi connectivity index (χ4n) is 1.46. The summed E-state index contributed by atoms with van der Waals surface area (Å²) >= 11 is 9.59. The summed E-state index contributed by atoms with van der Waals surface area (Å²) in [6, 6.07) is 5.68. The molecule has 2 rings (SSSR count). The fraction of sp³-hybridized carbons (Fsp3) is 0.167. The molecular weight excluding hydrogens is 304 g/mol. The van der Waals surface area contributed by atoms with E-state index in [0.717, 1.165) is 15.7 Å². The Balaban J connectivity index is 2.57. The van der Waals surface area contributed by atoms with Crippen LogP contribution in [0.3, 0.4) is 0 Å². The number of methoxy groups -OCH3 is 1. The Hall–Kier alpha value is -1.13. The zero-order chi connectivity index (χ0) is 12.4. The molecule has 0 amide bonds. The Morgan fingerprint density at radius 2 is 2.12 bits per heavy atom. The molecule has 2 aromatic rings. The van der Waals surface area contributed by atoms with Gasteiger partial charge in [0.15, 0.2) is 0 Å². The van der Waals surface area contributed by atoms with Crippen LogP contribution in [-0.4, -0.2) is 17.1 Å². The van der Waals surface area contributed by atoms with Gasteiger partial charge < -0.3 is 4.74 Å². The Bertz CT molecular complexity index is 560. The second-order valence-corrected chi connectivity index (χ2v) is 4.68. The molecule has 0 atom stereocenters. The highest BCUT2D eigenvalue weighted by Crippen LogP contribution is 2.33. The van der Waals surface area contributed by atoms with Crippen molar-refractivity contribution in [3.05, 3.63) is 39.6 Å². The predicted molar refractivity (Wildman–Crippen MR) is 71.5 cm³/mol. The van der Waals surface area contributed by atoms with Gasteiger partial charge in [0.25, 0.3) is 0 Å². The van der Waals surface area contributed by atoms with Crippen molar-refractivity contribution in [3.63, 3.8) is 0 Å². The average Bonchev–Trinajstić information content (AvgIpc) is 2.34. The highest BCUT2D eigenvalue weighted by Gasteiger charge is 2.10. The molecule has 0 aliphatic rings. The number of halogens is 2. The van der Waals surface area contributed by atoms with Gasteiger partial charge in [-0.1, -0.05) is 23.7 Å². The average molecular weight is 314 g/mol. The molecule has 0 N–H and O–H groups in total. The SMILES string of the molecule is COc1nc(-c2cccc(Br)c2Cl)cnc1C. The Morgan fingerprint density at radius 1 is 1.35 bits per heavy atom. The third-order valence-corrected chi connectivity index (χ3v) is 3.63. The minimum Gasteiger partial charge on any atom is -0.480 e. The lowest BCUT2D eigenvalue weighted by atomic mass is 10.1. The first-order valence-corrected chi connectivity index (χ1v) is 6.12. The summed E-state index contributed by atoms with van der Waals surface area (Å²) in [5.41, 5.74) is 2.27. The number of ether oxygens (including phenoxy) is 1. The second kappa shape index (κ2) is 5.02. The van der Waals surface area contributed by atoms with E-state index in [4.69, 9.17) is 16.3 Å². The van der Waals surface area contributed by atoms with Crippen molar-refractivity contribution in [2.45, 2.75) is 6.92 Å². The number of aryl methyl sites for hydroxylation is 1. The van der Waals surface area contributed by atoms with Crippen molar-refractivity contribution >= 4 is 27.5 Å². The Labute approximate surface area is 113 Å². The summed E-state index contributed by atoms with van der Waals surface area (Å²) < 4.78 is 5.98. The van der Waals surface area contributed by atoms with Crippen molar-refractivity contribution in [1.29, 1.82) is 0 Å². The number of aromatic nitrogens is 2. The van der Waals surface area contributed by atoms with Gasteiger partial charge in [-0.2, -0.15) is 0 Å². The third-order valence-electron chi connectivity index (χ3n) is 2.33. The van der Waals surface area contributed by atoms with Crippen LogP contribution in [0.2, 0.25) is 5.02 Å². The summed E-state index contributed by atoms with van der Waals surface area (Å²) in [4.78, 5) is 8.61. The molecule has 17 heavy (non-hydrogen) atoms. The van der Waals surface area contributed by atoms with Gasteiger partial charge in [-0.3, -0.25) is 4.98 Å². The summed E-state index contributed by atoms with van der Waals surface area (Å²) in [6.07, 6.45) is 1.69. The van der Waals surface area contributed by atoms with E-state index in [1.165, 1.54) is 0 Å². The van der Waals surface area contributed by atoms with Gasteiger partial charge in [-0.25, -0.2) is 4.98 Å². The molecule has 0 saturated heterocycles. The van der Waals surface area contributed by atoms with E-state index in [1.807, 2.05) is 25.1 Å². The minimum atomic E-state index is 0.513. The molecule has 0 unspecified atom stereocenters. The number of hydrogen-bond acceptors (Lipinski definition) is 3. The summed E-state index contributed by atoms with van der Waals surface area (Å²) in [5, 5.41) is 0.618. The normalized spacial score (nSPS) is 10.4. The lowest BCUT2D eigenvalue weighted by Crippen LogP contribution is -1.96. The maximum Gasteiger partial charge on any atom is 0.235 e. The molecule has 1 heterocycles. The van der Waals surface area contributed by atoms with Gasteiger partial charge in [0, 0.05) is 10.0 Å². The topological polar surface area (TPSA) is 35.0 Å². The van der Waals surface area contributed by atoms with E-state index in [9.17, 15) is 0 Å². The maximum absolute atomic E-state index is 6.21. The van der Waals surface area contributed by atoms with Crippen LogP contribution in [0, 0.1) is 6.92 Å². The van der Waals surface area contributed by atoms with Gasteiger partial charge in [0.2, 0.25) is 5.88 Å². The Kier molecular flexibility index (Phi) is 3.64. The largest absolute Gasteiger partial charge is 0.480 e. The van der Waals surface area contributed by atoms with E-state index in [-0.39, 0.29) is 0 Å². The summed E-state index contributed by atoms with van der Waals surface area (Å²) in [6.45, 7) is 1.85. The van der Waals surface area contributed by atoms with E-state index < -0.39 is 0 Å². The molecule has 0 saturated carbocycles. The third kappa shape index (κ3) is 2.42. The summed E-state index contributed by atoms with van der Waals surface area (Å²) in [5.74, 6) is 0.513. The minimum absolute atomic E-state index is 0.513. The second-order valence-electron chi connectivity index (χ2n) is 3.45. The van der Waals surface area contributed by atoms with E-state index in [1.54, 1.807) is 13.3 Å². The molecular formula is C12H10BrClN2O.